The van der Waals surface area contributed by atoms with E-state index >= 15 is 0 Å². The number of hydrogen-bond donors (Lipinski definition) is 1. The van der Waals surface area contributed by atoms with Crippen LogP contribution >= 0.6 is 8.03 Å². The number of nitrogens with zero attached hydrogens (tertiary/aromatic N) is 1. The number of ether oxygens (including phenoxy) is 1. The Bertz CT molecular complexity index is 1230. The zero-order valence-corrected chi connectivity index (χ0v) is 23.0. The maximum Gasteiger partial charge on any atom is 0.308 e. The quantitative estimate of drug-likeness (QED) is 0.220. The molecule has 3 aromatic rings. The Morgan fingerprint density at radius 1 is 1.05 bits per heavy atom. The van der Waals surface area contributed by atoms with E-state index in [1.54, 1.807) is 19.1 Å². The number of aromatic nitrogens is 1. The predicted molar refractivity (Wildman–Crippen MR) is 145 cm³/mol. The minimum Gasteiger partial charge on any atom is -0.466 e. The second kappa shape index (κ2) is 13.1. The smallest absolute Gasteiger partial charge is 0.308 e. The van der Waals surface area contributed by atoms with E-state index in [1.807, 2.05) is 51.1 Å². The molecule has 3 rings (SSSR count). The fourth-order valence-corrected chi connectivity index (χ4v) is 5.85. The van der Waals surface area contributed by atoms with Gasteiger partial charge < -0.3 is 14.4 Å². The lowest BCUT2D eigenvalue weighted by Crippen LogP contribution is -2.24. The zero-order chi connectivity index (χ0) is 27.1. The maximum atomic E-state index is 14.0. The van der Waals surface area contributed by atoms with E-state index in [2.05, 4.69) is 0 Å². The summed E-state index contributed by atoms with van der Waals surface area (Å²) in [7, 11) is -1.57. The fraction of sp³-hybridized carbons (Fsp3) is 0.379. The minimum absolute atomic E-state index is 0.119. The summed E-state index contributed by atoms with van der Waals surface area (Å²) >= 11 is 0. The average Bonchev–Trinajstić information content (AvgIpc) is 2.89. The van der Waals surface area contributed by atoms with Gasteiger partial charge in [0.1, 0.15) is 5.82 Å². The molecule has 198 valence electrons. The highest BCUT2D eigenvalue weighted by molar-refractivity contribution is 7.39. The van der Waals surface area contributed by atoms with Crippen molar-refractivity contribution in [2.24, 2.45) is 0 Å². The Hall–Kier alpha value is -2.86. The summed E-state index contributed by atoms with van der Waals surface area (Å²) in [6.07, 6.45) is -1.11. The fourth-order valence-electron chi connectivity index (χ4n) is 4.64. The number of carbonyl (C=O) groups excluding carboxylic acids is 1. The van der Waals surface area contributed by atoms with Gasteiger partial charge >= 0.3 is 5.97 Å². The van der Waals surface area contributed by atoms with E-state index in [-0.39, 0.29) is 24.8 Å². The molecule has 6 nitrogen and oxygen atoms in total. The molecule has 0 saturated heterocycles. The van der Waals surface area contributed by atoms with Crippen molar-refractivity contribution < 1.29 is 28.1 Å². The van der Waals surface area contributed by atoms with Gasteiger partial charge in [-0.25, -0.2) is 4.39 Å². The molecule has 0 fully saturated rings. The van der Waals surface area contributed by atoms with Gasteiger partial charge in [0.15, 0.2) is 0 Å². The molecule has 3 unspecified atom stereocenters. The van der Waals surface area contributed by atoms with Gasteiger partial charge in [0.2, 0.25) is 8.03 Å². The van der Waals surface area contributed by atoms with Crippen molar-refractivity contribution in [3.05, 3.63) is 77.2 Å². The number of hydrogen-bond acceptors (Lipinski definition) is 6. The molecule has 1 N–H and O–H groups in total. The summed E-state index contributed by atoms with van der Waals surface area (Å²) in [5.41, 5.74) is 4.15. The minimum atomic E-state index is -2.89. The van der Waals surface area contributed by atoms with Crippen molar-refractivity contribution in [3.63, 3.8) is 0 Å². The molecule has 3 atom stereocenters. The van der Waals surface area contributed by atoms with Crippen LogP contribution in [0.15, 0.2) is 54.6 Å². The topological polar surface area (TPSA) is 85.7 Å². The van der Waals surface area contributed by atoms with Crippen LogP contribution in [0.1, 0.15) is 62.5 Å². The number of carbonyl (C=O) groups is 1. The molecule has 0 amide bonds. The van der Waals surface area contributed by atoms with E-state index in [0.29, 0.717) is 23.2 Å². The first kappa shape index (κ1) is 28.7. The summed E-state index contributed by atoms with van der Waals surface area (Å²) in [5.74, 6) is -1.09. The summed E-state index contributed by atoms with van der Waals surface area (Å²) in [6.45, 7) is 7.79. The second-order valence-electron chi connectivity index (χ2n) is 9.07. The highest BCUT2D eigenvalue weighted by atomic mass is 31.1. The van der Waals surface area contributed by atoms with Crippen molar-refractivity contribution in [1.29, 1.82) is 0 Å². The summed E-state index contributed by atoms with van der Waals surface area (Å²) in [6, 6.07) is 15.9. The van der Waals surface area contributed by atoms with E-state index in [0.717, 1.165) is 22.4 Å². The lowest BCUT2D eigenvalue weighted by Gasteiger charge is -2.30. The average molecular weight is 528 g/mol. The van der Waals surface area contributed by atoms with Gasteiger partial charge in [0.05, 0.1) is 30.5 Å². The van der Waals surface area contributed by atoms with Crippen LogP contribution in [-0.4, -0.2) is 35.9 Å². The van der Waals surface area contributed by atoms with Crippen molar-refractivity contribution in [2.45, 2.75) is 58.2 Å². The second-order valence-corrected chi connectivity index (χ2v) is 10.7. The van der Waals surface area contributed by atoms with Gasteiger partial charge in [-0.15, -0.1) is 0 Å². The Kier molecular flexibility index (Phi) is 10.2. The van der Waals surface area contributed by atoms with Gasteiger partial charge in [-0.3, -0.25) is 14.3 Å². The first-order valence-electron chi connectivity index (χ1n) is 12.5. The molecule has 0 aliphatic heterocycles. The molecule has 0 spiro atoms. The summed E-state index contributed by atoms with van der Waals surface area (Å²) in [5, 5.41) is 11.3. The van der Waals surface area contributed by atoms with E-state index in [4.69, 9.17) is 14.2 Å². The number of rotatable bonds is 11. The SMILES string of the molecule is CCOC(=O)CC(O)C(c1c(C(C)C)nc(-c2ccccc2)c(CC)c1-c1ccc(F)cc1)[PH](=O)OC. The molecule has 8 heteroatoms. The van der Waals surface area contributed by atoms with Crippen molar-refractivity contribution in [2.75, 3.05) is 13.7 Å². The number of aliphatic hydroxyl groups is 1. The number of benzene rings is 2. The Morgan fingerprint density at radius 3 is 2.24 bits per heavy atom. The Balaban J connectivity index is 2.43. The van der Waals surface area contributed by atoms with Crippen LogP contribution < -0.4 is 0 Å². The number of aliphatic hydroxyl groups excluding tert-OH is 1. The van der Waals surface area contributed by atoms with Gasteiger partial charge in [0, 0.05) is 18.4 Å². The van der Waals surface area contributed by atoms with Crippen LogP contribution in [0.5, 0.6) is 0 Å². The number of esters is 1. The predicted octanol–water partition coefficient (Wildman–Crippen LogP) is 6.72. The highest BCUT2D eigenvalue weighted by Gasteiger charge is 2.36. The van der Waals surface area contributed by atoms with E-state index in [1.165, 1.54) is 19.2 Å². The first-order chi connectivity index (χ1) is 17.7. The molecule has 0 aliphatic rings. The summed E-state index contributed by atoms with van der Waals surface area (Å²) in [4.78, 5) is 17.4. The monoisotopic (exact) mass is 527 g/mol. The van der Waals surface area contributed by atoms with E-state index in [9.17, 15) is 18.9 Å². The molecule has 37 heavy (non-hydrogen) atoms. The Labute approximate surface area is 218 Å². The lowest BCUT2D eigenvalue weighted by molar-refractivity contribution is -0.145. The maximum absolute atomic E-state index is 14.0. The number of halogens is 1. The normalized spacial score (nSPS) is 13.8. The molecular formula is C29H35FNO5P. The lowest BCUT2D eigenvalue weighted by atomic mass is 9.84. The molecular weight excluding hydrogens is 492 g/mol. The molecule has 0 saturated carbocycles. The molecule has 0 radical (unpaired) electrons. The van der Waals surface area contributed by atoms with Gasteiger partial charge in [-0.1, -0.05) is 63.2 Å². The third-order valence-corrected chi connectivity index (χ3v) is 7.86. The van der Waals surface area contributed by atoms with Gasteiger partial charge in [-0.2, -0.15) is 0 Å². The van der Waals surface area contributed by atoms with E-state index < -0.39 is 25.8 Å². The highest BCUT2D eigenvalue weighted by Crippen LogP contribution is 2.52. The van der Waals surface area contributed by atoms with Gasteiger partial charge in [0.25, 0.3) is 0 Å². The molecule has 0 bridgehead atoms. The van der Waals surface area contributed by atoms with Crippen molar-refractivity contribution >= 4 is 14.0 Å². The molecule has 1 heterocycles. The molecule has 0 aliphatic carbocycles. The largest absolute Gasteiger partial charge is 0.466 e. The molecule has 2 aromatic carbocycles. The van der Waals surface area contributed by atoms with Crippen LogP contribution in [0.25, 0.3) is 22.4 Å². The zero-order valence-electron chi connectivity index (χ0n) is 22.0. The third-order valence-electron chi connectivity index (χ3n) is 6.28. The molecule has 1 aromatic heterocycles. The van der Waals surface area contributed by atoms with Crippen LogP contribution in [0, 0.1) is 5.82 Å². The third kappa shape index (κ3) is 6.53. The van der Waals surface area contributed by atoms with Crippen LogP contribution in [0.3, 0.4) is 0 Å². The first-order valence-corrected chi connectivity index (χ1v) is 13.9. The van der Waals surface area contributed by atoms with Crippen molar-refractivity contribution in [1.82, 2.24) is 4.98 Å². The van der Waals surface area contributed by atoms with Crippen LogP contribution in [0.4, 0.5) is 4.39 Å². The van der Waals surface area contributed by atoms with Gasteiger partial charge in [-0.05, 0) is 53.6 Å². The van der Waals surface area contributed by atoms with Crippen LogP contribution in [0.2, 0.25) is 0 Å². The summed E-state index contributed by atoms with van der Waals surface area (Å²) < 4.78 is 37.7. The van der Waals surface area contributed by atoms with Crippen molar-refractivity contribution in [3.8, 4) is 22.4 Å². The standard InChI is InChI=1S/C29H35FNO5P/c1-6-22-25(19-13-15-21(30)16-14-19)26(29(37(34)35-5)23(32)17-24(33)36-7-2)27(18(3)4)31-28(22)20-11-9-8-10-12-20/h8-16,18,23,29,32,37H,6-7,17H2,1-5H3. The number of pyridine rings is 1. The Morgan fingerprint density at radius 2 is 1.70 bits per heavy atom. The van der Waals surface area contributed by atoms with Crippen LogP contribution in [-0.2, 0) is 25.0 Å².